The van der Waals surface area contributed by atoms with Crippen molar-refractivity contribution in [1.29, 1.82) is 0 Å². The number of aliphatic hydroxyl groups excluding tert-OH is 1. The zero-order valence-electron chi connectivity index (χ0n) is 13.0. The highest BCUT2D eigenvalue weighted by atomic mass is 16.4. The van der Waals surface area contributed by atoms with Crippen molar-refractivity contribution < 1.29 is 15.0 Å². The molecule has 0 radical (unpaired) electrons. The molecule has 0 bridgehead atoms. The topological polar surface area (TPSA) is 57.5 Å². The van der Waals surface area contributed by atoms with Crippen LogP contribution in [0.5, 0.6) is 0 Å². The highest BCUT2D eigenvalue weighted by molar-refractivity contribution is 5.66. The highest BCUT2D eigenvalue weighted by Gasteiger charge is 1.95. The maximum atomic E-state index is 10.4. The number of carboxylic acid groups (broad SMARTS) is 1. The molecule has 0 aliphatic rings. The molecule has 0 aromatic heterocycles. The van der Waals surface area contributed by atoms with Crippen LogP contribution in [0, 0.1) is 0 Å². The normalized spacial score (nSPS) is 13.7. The molecule has 3 heteroatoms. The van der Waals surface area contributed by atoms with E-state index in [1.807, 2.05) is 13.0 Å². The van der Waals surface area contributed by atoms with E-state index < -0.39 is 5.97 Å². The monoisotopic (exact) mass is 280 g/mol. The van der Waals surface area contributed by atoms with Crippen molar-refractivity contribution in [3.8, 4) is 0 Å². The number of hydrogen-bond donors (Lipinski definition) is 2. The van der Waals surface area contributed by atoms with Gasteiger partial charge in [0.15, 0.2) is 0 Å². The first-order chi connectivity index (χ1) is 9.45. The Morgan fingerprint density at radius 3 is 1.60 bits per heavy atom. The Kier molecular flexibility index (Phi) is 10.7. The van der Waals surface area contributed by atoms with E-state index in [1.54, 1.807) is 0 Å². The summed E-state index contributed by atoms with van der Waals surface area (Å²) in [6.07, 6.45) is 11.2. The summed E-state index contributed by atoms with van der Waals surface area (Å²) in [6, 6.07) is 0. The average molecular weight is 280 g/mol. The van der Waals surface area contributed by atoms with Gasteiger partial charge in [-0.25, -0.2) is 0 Å². The molecule has 0 amide bonds. The molecule has 0 saturated heterocycles. The zero-order chi connectivity index (χ0) is 15.4. The summed E-state index contributed by atoms with van der Waals surface area (Å²) in [7, 11) is 0. The van der Waals surface area contributed by atoms with E-state index in [0.29, 0.717) is 6.42 Å². The van der Waals surface area contributed by atoms with Gasteiger partial charge in [-0.3, -0.25) is 4.79 Å². The molecule has 2 N–H and O–H groups in total. The molecule has 0 unspecified atom stereocenters. The van der Waals surface area contributed by atoms with E-state index in [9.17, 15) is 4.79 Å². The van der Waals surface area contributed by atoms with Crippen molar-refractivity contribution in [3.63, 3.8) is 0 Å². The summed E-state index contributed by atoms with van der Waals surface area (Å²) in [4.78, 5) is 10.4. The number of rotatable bonds is 10. The fourth-order valence-corrected chi connectivity index (χ4v) is 1.80. The molecule has 0 aromatic carbocycles. The molecule has 0 rings (SSSR count). The molecule has 0 aliphatic heterocycles. The highest BCUT2D eigenvalue weighted by Crippen LogP contribution is 2.12. The number of aliphatic hydroxyl groups is 1. The van der Waals surface area contributed by atoms with E-state index in [1.165, 1.54) is 11.1 Å². The summed E-state index contributed by atoms with van der Waals surface area (Å²) >= 11 is 0. The standard InChI is InChI=1S/C17H28O3/c1-14(9-5-11-16(3)13-18)7-4-8-15(2)10-6-12-17(19)20/h7,10-11,18H,4-6,8-9,12-13H2,1-3H3,(H,19,20). The number of hydrogen-bond acceptors (Lipinski definition) is 2. The third-order valence-corrected chi connectivity index (χ3v) is 3.16. The molecule has 0 atom stereocenters. The summed E-state index contributed by atoms with van der Waals surface area (Å²) in [6.45, 7) is 6.26. The number of carbonyl (C=O) groups is 1. The van der Waals surface area contributed by atoms with E-state index in [4.69, 9.17) is 10.2 Å². The van der Waals surface area contributed by atoms with Gasteiger partial charge in [-0.2, -0.15) is 0 Å². The summed E-state index contributed by atoms with van der Waals surface area (Å²) < 4.78 is 0. The molecule has 0 heterocycles. The first-order valence-electron chi connectivity index (χ1n) is 7.25. The fourth-order valence-electron chi connectivity index (χ4n) is 1.80. The molecule has 114 valence electrons. The van der Waals surface area contributed by atoms with Crippen LogP contribution in [0.4, 0.5) is 0 Å². The maximum Gasteiger partial charge on any atom is 0.303 e. The van der Waals surface area contributed by atoms with Crippen molar-refractivity contribution >= 4 is 5.97 Å². The van der Waals surface area contributed by atoms with Crippen LogP contribution in [0.3, 0.4) is 0 Å². The Hall–Kier alpha value is -1.35. The van der Waals surface area contributed by atoms with Gasteiger partial charge in [0.2, 0.25) is 0 Å². The summed E-state index contributed by atoms with van der Waals surface area (Å²) in [5.41, 5.74) is 3.65. The third-order valence-electron chi connectivity index (χ3n) is 3.16. The lowest BCUT2D eigenvalue weighted by Gasteiger charge is -2.01. The van der Waals surface area contributed by atoms with Gasteiger partial charge in [0, 0.05) is 6.42 Å². The molecule has 0 aromatic rings. The quantitative estimate of drug-likeness (QED) is 0.588. The molecule has 0 saturated carbocycles. The zero-order valence-corrected chi connectivity index (χ0v) is 13.0. The Balaban J connectivity index is 3.89. The van der Waals surface area contributed by atoms with E-state index >= 15 is 0 Å². The lowest BCUT2D eigenvalue weighted by Crippen LogP contribution is -1.92. The Morgan fingerprint density at radius 2 is 1.20 bits per heavy atom. The molecule has 0 aliphatic carbocycles. The van der Waals surface area contributed by atoms with E-state index in [-0.39, 0.29) is 13.0 Å². The van der Waals surface area contributed by atoms with Crippen LogP contribution in [-0.4, -0.2) is 22.8 Å². The second-order valence-electron chi connectivity index (χ2n) is 5.32. The first-order valence-corrected chi connectivity index (χ1v) is 7.25. The molecular formula is C17H28O3. The lowest BCUT2D eigenvalue weighted by molar-refractivity contribution is -0.136. The Morgan fingerprint density at radius 1 is 0.800 bits per heavy atom. The van der Waals surface area contributed by atoms with Gasteiger partial charge in [-0.15, -0.1) is 0 Å². The van der Waals surface area contributed by atoms with Gasteiger partial charge < -0.3 is 10.2 Å². The van der Waals surface area contributed by atoms with Gasteiger partial charge >= 0.3 is 5.97 Å². The van der Waals surface area contributed by atoms with Crippen molar-refractivity contribution in [2.75, 3.05) is 6.61 Å². The van der Waals surface area contributed by atoms with Crippen LogP contribution in [0.15, 0.2) is 34.9 Å². The minimum Gasteiger partial charge on any atom is -0.481 e. The van der Waals surface area contributed by atoms with Gasteiger partial charge in [-0.05, 0) is 52.9 Å². The second-order valence-corrected chi connectivity index (χ2v) is 5.32. The minimum atomic E-state index is -0.740. The summed E-state index contributed by atoms with van der Waals surface area (Å²) in [5, 5.41) is 17.4. The lowest BCUT2D eigenvalue weighted by atomic mass is 10.1. The Labute approximate surface area is 122 Å². The average Bonchev–Trinajstić information content (AvgIpc) is 2.38. The number of carboxylic acids is 1. The predicted molar refractivity (Wildman–Crippen MR) is 83.7 cm³/mol. The van der Waals surface area contributed by atoms with Crippen LogP contribution in [0.2, 0.25) is 0 Å². The van der Waals surface area contributed by atoms with Crippen molar-refractivity contribution in [3.05, 3.63) is 34.9 Å². The minimum absolute atomic E-state index is 0.142. The molecule has 20 heavy (non-hydrogen) atoms. The van der Waals surface area contributed by atoms with Crippen molar-refractivity contribution in [1.82, 2.24) is 0 Å². The van der Waals surface area contributed by atoms with E-state index in [0.717, 1.165) is 31.3 Å². The number of aliphatic carboxylic acids is 1. The van der Waals surface area contributed by atoms with Crippen molar-refractivity contribution in [2.45, 2.75) is 59.3 Å². The van der Waals surface area contributed by atoms with Crippen molar-refractivity contribution in [2.24, 2.45) is 0 Å². The van der Waals surface area contributed by atoms with Crippen LogP contribution in [-0.2, 0) is 4.79 Å². The molecule has 3 nitrogen and oxygen atoms in total. The summed E-state index contributed by atoms with van der Waals surface area (Å²) in [5.74, 6) is -0.740. The Bertz CT molecular complexity index is 376. The van der Waals surface area contributed by atoms with Gasteiger partial charge in [0.25, 0.3) is 0 Å². The van der Waals surface area contributed by atoms with Crippen LogP contribution < -0.4 is 0 Å². The van der Waals surface area contributed by atoms with Gasteiger partial charge in [0.1, 0.15) is 0 Å². The first kappa shape index (κ1) is 18.7. The second kappa shape index (κ2) is 11.5. The third kappa shape index (κ3) is 11.7. The van der Waals surface area contributed by atoms with Gasteiger partial charge in [0.05, 0.1) is 6.61 Å². The van der Waals surface area contributed by atoms with Crippen LogP contribution >= 0.6 is 0 Å². The largest absolute Gasteiger partial charge is 0.481 e. The van der Waals surface area contributed by atoms with Crippen LogP contribution in [0.25, 0.3) is 0 Å². The van der Waals surface area contributed by atoms with Crippen LogP contribution in [0.1, 0.15) is 59.3 Å². The van der Waals surface area contributed by atoms with Gasteiger partial charge in [-0.1, -0.05) is 34.9 Å². The maximum absolute atomic E-state index is 10.4. The number of allylic oxidation sites excluding steroid dienone is 5. The molecular weight excluding hydrogens is 252 g/mol. The predicted octanol–water partition coefficient (Wildman–Crippen LogP) is 4.24. The molecule has 0 fully saturated rings. The van der Waals surface area contributed by atoms with E-state index in [2.05, 4.69) is 26.0 Å². The molecule has 0 spiro atoms. The fraction of sp³-hybridized carbons (Fsp3) is 0.588. The smallest absolute Gasteiger partial charge is 0.303 e. The SMILES string of the molecule is CC(=CCCC(C)=CCCC(C)=CCCC(=O)O)CO.